The lowest BCUT2D eigenvalue weighted by atomic mass is 9.97. The van der Waals surface area contributed by atoms with E-state index in [1.807, 2.05) is 39.0 Å². The number of benzene rings is 1. The predicted octanol–water partition coefficient (Wildman–Crippen LogP) is 2.92. The van der Waals surface area contributed by atoms with Crippen molar-refractivity contribution in [1.82, 2.24) is 0 Å². The maximum atomic E-state index is 11.8. The topological polar surface area (TPSA) is 26.3 Å². The van der Waals surface area contributed by atoms with E-state index in [0.29, 0.717) is 12.8 Å². The number of ether oxygens (including phenoxy) is 1. The smallest absolute Gasteiger partial charge is 0.140 e. The van der Waals surface area contributed by atoms with E-state index in [9.17, 15) is 4.79 Å². The molecular weight excluding hydrogens is 200 g/mol. The van der Waals surface area contributed by atoms with E-state index >= 15 is 0 Å². The molecule has 2 nitrogen and oxygen atoms in total. The van der Waals surface area contributed by atoms with Crippen LogP contribution in [-0.4, -0.2) is 18.5 Å². The molecule has 0 atom stereocenters. The number of methoxy groups -OCH3 is 1. The number of rotatable bonds is 5. The van der Waals surface area contributed by atoms with Crippen molar-refractivity contribution >= 4 is 5.78 Å². The summed E-state index contributed by atoms with van der Waals surface area (Å²) in [7, 11) is 1.64. The van der Waals surface area contributed by atoms with Crippen molar-refractivity contribution in [1.29, 1.82) is 0 Å². The van der Waals surface area contributed by atoms with E-state index in [4.69, 9.17) is 4.74 Å². The third kappa shape index (κ3) is 4.15. The Balaban J connectivity index is 2.59. The first-order chi connectivity index (χ1) is 7.43. The Morgan fingerprint density at radius 1 is 1.38 bits per heavy atom. The number of Topliss-reactive ketones (excluding diaryl/α,β-unsaturated/α-hetero) is 1. The molecule has 0 aliphatic carbocycles. The molecule has 16 heavy (non-hydrogen) atoms. The summed E-state index contributed by atoms with van der Waals surface area (Å²) in [6, 6.07) is 8.06. The van der Waals surface area contributed by atoms with E-state index < -0.39 is 0 Å². The second-order valence-electron chi connectivity index (χ2n) is 4.85. The Bertz CT molecular complexity index is 367. The highest BCUT2D eigenvalue weighted by Crippen LogP contribution is 2.15. The fraction of sp³-hybridized carbons (Fsp3) is 0.500. The minimum atomic E-state index is -0.360. The van der Waals surface area contributed by atoms with Gasteiger partial charge in [-0.1, -0.05) is 29.8 Å². The van der Waals surface area contributed by atoms with Crippen LogP contribution in [0.4, 0.5) is 0 Å². The molecule has 0 amide bonds. The van der Waals surface area contributed by atoms with Gasteiger partial charge in [-0.15, -0.1) is 0 Å². The first kappa shape index (κ1) is 12.9. The lowest BCUT2D eigenvalue weighted by Gasteiger charge is -2.21. The summed E-state index contributed by atoms with van der Waals surface area (Å²) >= 11 is 0. The van der Waals surface area contributed by atoms with Crippen LogP contribution >= 0.6 is 0 Å². The van der Waals surface area contributed by atoms with Gasteiger partial charge in [0.25, 0.3) is 0 Å². The van der Waals surface area contributed by atoms with Gasteiger partial charge >= 0.3 is 0 Å². The van der Waals surface area contributed by atoms with Gasteiger partial charge in [0.15, 0.2) is 0 Å². The Kier molecular flexibility index (Phi) is 4.25. The van der Waals surface area contributed by atoms with Crippen molar-refractivity contribution in [2.24, 2.45) is 0 Å². The molecule has 0 unspecified atom stereocenters. The third-order valence-electron chi connectivity index (χ3n) is 2.66. The highest BCUT2D eigenvalue weighted by Gasteiger charge is 2.20. The average Bonchev–Trinajstić information content (AvgIpc) is 2.16. The fourth-order valence-electron chi connectivity index (χ4n) is 1.66. The molecule has 0 aromatic heterocycles. The van der Waals surface area contributed by atoms with Gasteiger partial charge in [-0.3, -0.25) is 4.79 Å². The van der Waals surface area contributed by atoms with Gasteiger partial charge in [0, 0.05) is 20.0 Å². The Morgan fingerprint density at radius 2 is 2.06 bits per heavy atom. The molecular formula is C14H20O2. The lowest BCUT2D eigenvalue weighted by Crippen LogP contribution is -2.27. The molecule has 0 aliphatic rings. The Morgan fingerprint density at radius 3 is 2.62 bits per heavy atom. The quantitative estimate of drug-likeness (QED) is 0.762. The van der Waals surface area contributed by atoms with Crippen LogP contribution in [-0.2, 0) is 16.0 Å². The zero-order valence-electron chi connectivity index (χ0n) is 10.5. The fourth-order valence-corrected chi connectivity index (χ4v) is 1.66. The van der Waals surface area contributed by atoms with Crippen LogP contribution in [0.25, 0.3) is 0 Å². The van der Waals surface area contributed by atoms with E-state index in [2.05, 4.69) is 6.07 Å². The number of carbonyl (C=O) groups excluding carboxylic acids is 1. The first-order valence-electron chi connectivity index (χ1n) is 5.55. The van der Waals surface area contributed by atoms with Crippen molar-refractivity contribution in [2.45, 2.75) is 39.2 Å². The molecule has 0 fully saturated rings. The molecule has 0 radical (unpaired) electrons. The number of hydrogen-bond acceptors (Lipinski definition) is 2. The summed E-state index contributed by atoms with van der Waals surface area (Å²) in [6.45, 7) is 5.90. The normalized spacial score (nSPS) is 11.5. The molecule has 88 valence electrons. The predicted molar refractivity (Wildman–Crippen MR) is 65.6 cm³/mol. The Hall–Kier alpha value is -1.15. The van der Waals surface area contributed by atoms with Gasteiger partial charge in [0.05, 0.1) is 5.60 Å². The highest BCUT2D eigenvalue weighted by atomic mass is 16.5. The van der Waals surface area contributed by atoms with Crippen molar-refractivity contribution in [2.75, 3.05) is 7.11 Å². The number of hydrogen-bond donors (Lipinski definition) is 0. The molecule has 1 aromatic rings. The molecule has 1 rings (SSSR count). The zero-order valence-corrected chi connectivity index (χ0v) is 10.5. The van der Waals surface area contributed by atoms with E-state index in [1.165, 1.54) is 5.56 Å². The summed E-state index contributed by atoms with van der Waals surface area (Å²) in [6.07, 6.45) is 0.950. The minimum absolute atomic E-state index is 0.220. The third-order valence-corrected chi connectivity index (χ3v) is 2.66. The number of carbonyl (C=O) groups is 1. The summed E-state index contributed by atoms with van der Waals surface area (Å²) in [4.78, 5) is 11.8. The number of aryl methyl sites for hydroxylation is 1. The lowest BCUT2D eigenvalue weighted by molar-refractivity contribution is -0.123. The van der Waals surface area contributed by atoms with Crippen LogP contribution in [0.2, 0.25) is 0 Å². The van der Waals surface area contributed by atoms with Crippen LogP contribution < -0.4 is 0 Å². The molecule has 0 heterocycles. The van der Waals surface area contributed by atoms with Crippen LogP contribution in [0.5, 0.6) is 0 Å². The molecule has 1 aromatic carbocycles. The van der Waals surface area contributed by atoms with Gasteiger partial charge in [-0.25, -0.2) is 0 Å². The van der Waals surface area contributed by atoms with Gasteiger partial charge in [0.1, 0.15) is 5.78 Å². The standard InChI is InChI=1S/C14H20O2/c1-11-6-5-7-12(8-11)9-13(15)10-14(2,3)16-4/h5-8H,9-10H2,1-4H3. The summed E-state index contributed by atoms with van der Waals surface area (Å²) < 4.78 is 5.25. The van der Waals surface area contributed by atoms with Crippen LogP contribution in [0.1, 0.15) is 31.4 Å². The highest BCUT2D eigenvalue weighted by molar-refractivity contribution is 5.81. The maximum Gasteiger partial charge on any atom is 0.140 e. The van der Waals surface area contributed by atoms with Gasteiger partial charge < -0.3 is 4.74 Å². The van der Waals surface area contributed by atoms with E-state index in [0.717, 1.165) is 5.56 Å². The van der Waals surface area contributed by atoms with Crippen molar-refractivity contribution in [3.63, 3.8) is 0 Å². The van der Waals surface area contributed by atoms with Gasteiger partial charge in [0.2, 0.25) is 0 Å². The van der Waals surface area contributed by atoms with Crippen molar-refractivity contribution in [3.8, 4) is 0 Å². The van der Waals surface area contributed by atoms with Crippen LogP contribution in [0, 0.1) is 6.92 Å². The van der Waals surface area contributed by atoms with Crippen LogP contribution in [0.3, 0.4) is 0 Å². The molecule has 0 saturated heterocycles. The largest absolute Gasteiger partial charge is 0.378 e. The maximum absolute atomic E-state index is 11.8. The summed E-state index contributed by atoms with van der Waals surface area (Å²) in [5.41, 5.74) is 1.91. The summed E-state index contributed by atoms with van der Waals surface area (Å²) in [5, 5.41) is 0. The van der Waals surface area contributed by atoms with Crippen molar-refractivity contribution < 1.29 is 9.53 Å². The minimum Gasteiger partial charge on any atom is -0.378 e. The first-order valence-corrected chi connectivity index (χ1v) is 5.55. The Labute approximate surface area is 97.6 Å². The molecule has 2 heteroatoms. The molecule has 0 spiro atoms. The van der Waals surface area contributed by atoms with Crippen molar-refractivity contribution in [3.05, 3.63) is 35.4 Å². The second kappa shape index (κ2) is 5.26. The van der Waals surface area contributed by atoms with E-state index in [1.54, 1.807) is 7.11 Å². The average molecular weight is 220 g/mol. The number of ketones is 1. The summed E-state index contributed by atoms with van der Waals surface area (Å²) in [5.74, 6) is 0.220. The van der Waals surface area contributed by atoms with E-state index in [-0.39, 0.29) is 11.4 Å². The molecule has 0 N–H and O–H groups in total. The molecule has 0 aliphatic heterocycles. The second-order valence-corrected chi connectivity index (χ2v) is 4.85. The van der Waals surface area contributed by atoms with Crippen LogP contribution in [0.15, 0.2) is 24.3 Å². The molecule has 0 saturated carbocycles. The monoisotopic (exact) mass is 220 g/mol. The zero-order chi connectivity index (χ0) is 12.2. The molecule has 0 bridgehead atoms. The SMILES string of the molecule is COC(C)(C)CC(=O)Cc1cccc(C)c1. The van der Waals surface area contributed by atoms with Gasteiger partial charge in [-0.2, -0.15) is 0 Å². The van der Waals surface area contributed by atoms with Gasteiger partial charge in [-0.05, 0) is 26.3 Å².